The van der Waals surface area contributed by atoms with Crippen molar-refractivity contribution in [3.63, 3.8) is 0 Å². The van der Waals surface area contributed by atoms with Crippen molar-refractivity contribution in [1.82, 2.24) is 10.0 Å². The number of halogens is 1. The molecule has 1 amide bonds. The molecule has 1 aromatic rings. The third kappa shape index (κ3) is 4.49. The van der Waals surface area contributed by atoms with Gasteiger partial charge in [-0.15, -0.1) is 0 Å². The molecule has 0 saturated carbocycles. The first-order valence-electron chi connectivity index (χ1n) is 5.75. The lowest BCUT2D eigenvalue weighted by atomic mass is 10.2. The van der Waals surface area contributed by atoms with Crippen molar-refractivity contribution < 1.29 is 13.2 Å². The van der Waals surface area contributed by atoms with Gasteiger partial charge in [0, 0.05) is 6.04 Å². The second kappa shape index (κ2) is 6.70. The monoisotopic (exact) mass is 315 g/mol. The van der Waals surface area contributed by atoms with Crippen molar-refractivity contribution in [2.75, 3.05) is 6.54 Å². The Bertz CT molecular complexity index is 650. The van der Waals surface area contributed by atoms with Crippen LogP contribution in [0.15, 0.2) is 23.1 Å². The second-order valence-corrected chi connectivity index (χ2v) is 6.47. The highest BCUT2D eigenvalue weighted by atomic mass is 35.5. The van der Waals surface area contributed by atoms with Gasteiger partial charge >= 0.3 is 0 Å². The molecule has 8 heteroatoms. The molecule has 0 bridgehead atoms. The summed E-state index contributed by atoms with van der Waals surface area (Å²) in [6.07, 6.45) is 0. The molecule has 0 heterocycles. The van der Waals surface area contributed by atoms with Gasteiger partial charge in [0.05, 0.1) is 22.0 Å². The van der Waals surface area contributed by atoms with Crippen LogP contribution in [0.4, 0.5) is 0 Å². The smallest absolute Gasteiger partial charge is 0.241 e. The number of rotatable bonds is 5. The quantitative estimate of drug-likeness (QED) is 0.847. The van der Waals surface area contributed by atoms with Gasteiger partial charge < -0.3 is 5.32 Å². The minimum absolute atomic E-state index is 0.0435. The van der Waals surface area contributed by atoms with E-state index in [-0.39, 0.29) is 28.1 Å². The molecule has 2 N–H and O–H groups in total. The molecule has 20 heavy (non-hydrogen) atoms. The van der Waals surface area contributed by atoms with Gasteiger partial charge in [-0.25, -0.2) is 13.1 Å². The normalized spacial score (nSPS) is 11.2. The molecule has 1 rings (SSSR count). The van der Waals surface area contributed by atoms with Crippen molar-refractivity contribution in [3.8, 4) is 6.07 Å². The Labute approximate surface area is 122 Å². The predicted molar refractivity (Wildman–Crippen MR) is 74.6 cm³/mol. The lowest BCUT2D eigenvalue weighted by Gasteiger charge is -2.10. The number of benzene rings is 1. The van der Waals surface area contributed by atoms with Crippen LogP contribution >= 0.6 is 11.6 Å². The van der Waals surface area contributed by atoms with Gasteiger partial charge in [-0.2, -0.15) is 5.26 Å². The Balaban J connectivity index is 2.82. The third-order valence-electron chi connectivity index (χ3n) is 2.24. The van der Waals surface area contributed by atoms with Crippen LogP contribution in [0.25, 0.3) is 0 Å². The molecule has 0 saturated heterocycles. The molecule has 0 atom stereocenters. The summed E-state index contributed by atoms with van der Waals surface area (Å²) in [6, 6.07) is 5.50. The van der Waals surface area contributed by atoms with Gasteiger partial charge in [-0.05, 0) is 32.0 Å². The lowest BCUT2D eigenvalue weighted by molar-refractivity contribution is -0.120. The highest BCUT2D eigenvalue weighted by Gasteiger charge is 2.17. The van der Waals surface area contributed by atoms with Crippen LogP contribution in [0.1, 0.15) is 19.4 Å². The molecule has 0 aliphatic heterocycles. The minimum atomic E-state index is -3.84. The summed E-state index contributed by atoms with van der Waals surface area (Å²) in [7, 11) is -3.84. The van der Waals surface area contributed by atoms with Crippen LogP contribution in [0.5, 0.6) is 0 Å². The van der Waals surface area contributed by atoms with E-state index in [1.54, 1.807) is 13.8 Å². The number of carbonyl (C=O) groups is 1. The number of carbonyl (C=O) groups excluding carboxylic acids is 1. The summed E-state index contributed by atoms with van der Waals surface area (Å²) in [6.45, 7) is 3.18. The van der Waals surface area contributed by atoms with Gasteiger partial charge in [-0.1, -0.05) is 11.6 Å². The second-order valence-electron chi connectivity index (χ2n) is 4.30. The van der Waals surface area contributed by atoms with E-state index in [4.69, 9.17) is 16.9 Å². The Morgan fingerprint density at radius 1 is 1.45 bits per heavy atom. The standard InChI is InChI=1S/C12H14ClN3O3S/c1-8(2)16-12(17)7-15-20(18,19)10-4-3-9(6-14)11(13)5-10/h3-5,8,15H,7H2,1-2H3,(H,16,17). The van der Waals surface area contributed by atoms with E-state index >= 15 is 0 Å². The Morgan fingerprint density at radius 3 is 2.60 bits per heavy atom. The average Bonchev–Trinajstić information content (AvgIpc) is 2.35. The number of hydrogen-bond acceptors (Lipinski definition) is 4. The average molecular weight is 316 g/mol. The summed E-state index contributed by atoms with van der Waals surface area (Å²) in [5, 5.41) is 11.3. The molecular formula is C12H14ClN3O3S. The zero-order valence-corrected chi connectivity index (χ0v) is 12.5. The first kappa shape index (κ1) is 16.4. The molecule has 0 aromatic heterocycles. The maximum atomic E-state index is 11.9. The van der Waals surface area contributed by atoms with Crippen molar-refractivity contribution in [1.29, 1.82) is 5.26 Å². The van der Waals surface area contributed by atoms with E-state index in [0.717, 1.165) is 0 Å². The van der Waals surface area contributed by atoms with Crippen LogP contribution in [-0.2, 0) is 14.8 Å². The van der Waals surface area contributed by atoms with E-state index in [1.165, 1.54) is 18.2 Å². The molecule has 0 radical (unpaired) electrons. The van der Waals surface area contributed by atoms with Gasteiger partial charge in [-0.3, -0.25) is 4.79 Å². The van der Waals surface area contributed by atoms with E-state index < -0.39 is 15.9 Å². The summed E-state index contributed by atoms with van der Waals surface area (Å²) in [5.41, 5.74) is 0.183. The van der Waals surface area contributed by atoms with E-state index in [1.807, 2.05) is 6.07 Å². The SMILES string of the molecule is CC(C)NC(=O)CNS(=O)(=O)c1ccc(C#N)c(Cl)c1. The summed E-state index contributed by atoms with van der Waals surface area (Å²) in [4.78, 5) is 11.3. The summed E-state index contributed by atoms with van der Waals surface area (Å²) < 4.78 is 26.0. The number of nitriles is 1. The molecule has 0 fully saturated rings. The van der Waals surface area contributed by atoms with Crippen LogP contribution in [0.3, 0.4) is 0 Å². The van der Waals surface area contributed by atoms with Gasteiger partial charge in [0.25, 0.3) is 0 Å². The first-order chi connectivity index (χ1) is 9.26. The largest absolute Gasteiger partial charge is 0.353 e. The zero-order valence-electron chi connectivity index (χ0n) is 11.0. The van der Waals surface area contributed by atoms with E-state index in [9.17, 15) is 13.2 Å². The van der Waals surface area contributed by atoms with Gasteiger partial charge in [0.1, 0.15) is 6.07 Å². The van der Waals surface area contributed by atoms with Crippen LogP contribution < -0.4 is 10.0 Å². The van der Waals surface area contributed by atoms with E-state index in [0.29, 0.717) is 0 Å². The molecular weight excluding hydrogens is 302 g/mol. The Kier molecular flexibility index (Phi) is 5.51. The first-order valence-corrected chi connectivity index (χ1v) is 7.61. The number of sulfonamides is 1. The fraction of sp³-hybridized carbons (Fsp3) is 0.333. The van der Waals surface area contributed by atoms with Crippen molar-refractivity contribution in [2.24, 2.45) is 0 Å². The summed E-state index contributed by atoms with van der Waals surface area (Å²) >= 11 is 5.77. The number of nitrogens with one attached hydrogen (secondary N) is 2. The molecule has 6 nitrogen and oxygen atoms in total. The predicted octanol–water partition coefficient (Wildman–Crippen LogP) is 1.01. The van der Waals surface area contributed by atoms with Crippen LogP contribution in [0, 0.1) is 11.3 Å². The van der Waals surface area contributed by atoms with Crippen LogP contribution in [-0.4, -0.2) is 26.9 Å². The van der Waals surface area contributed by atoms with E-state index in [2.05, 4.69) is 10.0 Å². The zero-order chi connectivity index (χ0) is 15.3. The number of hydrogen-bond donors (Lipinski definition) is 2. The summed E-state index contributed by atoms with van der Waals surface area (Å²) in [5.74, 6) is -0.427. The van der Waals surface area contributed by atoms with Crippen molar-refractivity contribution in [3.05, 3.63) is 28.8 Å². The lowest BCUT2D eigenvalue weighted by Crippen LogP contribution is -2.39. The van der Waals surface area contributed by atoms with Gasteiger partial charge in [0.2, 0.25) is 15.9 Å². The molecule has 0 unspecified atom stereocenters. The molecule has 0 aliphatic rings. The van der Waals surface area contributed by atoms with Crippen LogP contribution in [0.2, 0.25) is 5.02 Å². The topological polar surface area (TPSA) is 99.1 Å². The maximum absolute atomic E-state index is 11.9. The Hall–Kier alpha value is -1.62. The molecule has 1 aromatic carbocycles. The minimum Gasteiger partial charge on any atom is -0.353 e. The maximum Gasteiger partial charge on any atom is 0.241 e. The van der Waals surface area contributed by atoms with Crippen molar-refractivity contribution >= 4 is 27.5 Å². The molecule has 0 aliphatic carbocycles. The third-order valence-corrected chi connectivity index (χ3v) is 3.96. The fourth-order valence-electron chi connectivity index (χ4n) is 1.37. The highest BCUT2D eigenvalue weighted by Crippen LogP contribution is 2.19. The highest BCUT2D eigenvalue weighted by molar-refractivity contribution is 7.89. The number of amides is 1. The fourth-order valence-corrected chi connectivity index (χ4v) is 2.67. The van der Waals surface area contributed by atoms with Crippen molar-refractivity contribution in [2.45, 2.75) is 24.8 Å². The molecule has 108 valence electrons. The Morgan fingerprint density at radius 2 is 2.10 bits per heavy atom. The number of nitrogens with zero attached hydrogens (tertiary/aromatic N) is 1. The molecule has 0 spiro atoms. The van der Waals surface area contributed by atoms with Gasteiger partial charge in [0.15, 0.2) is 0 Å².